The average molecular weight is 501 g/mol. The summed E-state index contributed by atoms with van der Waals surface area (Å²) in [4.78, 5) is 21.3. The number of amides is 1. The molecule has 3 aromatic rings. The Morgan fingerprint density at radius 2 is 1.56 bits per heavy atom. The van der Waals surface area contributed by atoms with Crippen molar-refractivity contribution in [2.24, 2.45) is 0 Å². The predicted molar refractivity (Wildman–Crippen MR) is 129 cm³/mol. The maximum absolute atomic E-state index is 12.4. The normalized spacial score (nSPS) is 16.3. The van der Waals surface area contributed by atoms with Crippen LogP contribution in [0, 0.1) is 0 Å². The second kappa shape index (κ2) is 12.2. The molecule has 6 nitrogen and oxygen atoms in total. The van der Waals surface area contributed by atoms with E-state index in [2.05, 4.69) is 28.8 Å². The molecule has 1 saturated carbocycles. The summed E-state index contributed by atoms with van der Waals surface area (Å²) in [5.74, 6) is -1.37. The van der Waals surface area contributed by atoms with Gasteiger partial charge in [0.15, 0.2) is 0 Å². The number of benzene rings is 3. The molecule has 0 bridgehead atoms. The summed E-state index contributed by atoms with van der Waals surface area (Å²) in [6.07, 6.45) is -3.96. The number of hydrogen-bond acceptors (Lipinski definition) is 4. The molecule has 0 aromatic heterocycles. The van der Waals surface area contributed by atoms with Crippen molar-refractivity contribution in [1.82, 2.24) is 10.6 Å². The highest BCUT2D eigenvalue weighted by Gasteiger charge is 2.38. The number of hydrogen-bond donors (Lipinski definition) is 3. The smallest absolute Gasteiger partial charge is 0.490 e. The summed E-state index contributed by atoms with van der Waals surface area (Å²) in [5, 5.41) is 13.7. The molecule has 3 N–H and O–H groups in total. The van der Waals surface area contributed by atoms with Gasteiger partial charge in [0.25, 0.3) is 5.91 Å². The van der Waals surface area contributed by atoms with E-state index in [-0.39, 0.29) is 5.91 Å². The number of carboxylic acid groups (broad SMARTS) is 1. The summed E-state index contributed by atoms with van der Waals surface area (Å²) in [5.41, 5.74) is 4.25. The number of carbonyl (C=O) groups excluding carboxylic acids is 1. The van der Waals surface area contributed by atoms with Crippen molar-refractivity contribution in [3.63, 3.8) is 0 Å². The molecule has 9 heteroatoms. The number of carboxylic acids is 1. The number of para-hydroxylation sites is 1. The summed E-state index contributed by atoms with van der Waals surface area (Å²) in [6.45, 7) is 1.34. The van der Waals surface area contributed by atoms with Gasteiger partial charge in [0, 0.05) is 36.2 Å². The fraction of sp³-hybridized carbons (Fsp3) is 0.259. The van der Waals surface area contributed by atoms with Crippen LogP contribution in [0.25, 0.3) is 0 Å². The maximum Gasteiger partial charge on any atom is 0.490 e. The number of alkyl halides is 3. The second-order valence-electron chi connectivity index (χ2n) is 8.23. The Labute approximate surface area is 207 Å². The Morgan fingerprint density at radius 3 is 2.17 bits per heavy atom. The maximum atomic E-state index is 12.4. The lowest BCUT2D eigenvalue weighted by Crippen LogP contribution is -2.22. The molecular formula is C27H27F3N2O4. The van der Waals surface area contributed by atoms with Crippen LogP contribution in [0.5, 0.6) is 5.75 Å². The number of nitrogens with one attached hydrogen (secondary N) is 2. The molecule has 3 aromatic carbocycles. The molecule has 1 fully saturated rings. The molecule has 2 atom stereocenters. The molecule has 0 heterocycles. The monoisotopic (exact) mass is 500 g/mol. The zero-order valence-electron chi connectivity index (χ0n) is 19.6. The van der Waals surface area contributed by atoms with Crippen LogP contribution in [0.1, 0.15) is 39.4 Å². The Morgan fingerprint density at radius 1 is 0.944 bits per heavy atom. The average Bonchev–Trinajstić information content (AvgIpc) is 3.66. The SMILES string of the molecule is COc1ccccc1CNC1CC1c1ccc(C(=O)NCc2ccccc2)cc1.O=C(O)C(F)(F)F. The van der Waals surface area contributed by atoms with Gasteiger partial charge in [-0.1, -0.05) is 60.7 Å². The minimum Gasteiger partial charge on any atom is -0.496 e. The molecule has 2 unspecified atom stereocenters. The Bertz CT molecular complexity index is 1150. The van der Waals surface area contributed by atoms with Gasteiger partial charge in [-0.05, 0) is 35.7 Å². The van der Waals surface area contributed by atoms with Crippen molar-refractivity contribution in [2.75, 3.05) is 7.11 Å². The van der Waals surface area contributed by atoms with E-state index >= 15 is 0 Å². The molecular weight excluding hydrogens is 473 g/mol. The van der Waals surface area contributed by atoms with Gasteiger partial charge in [0.05, 0.1) is 7.11 Å². The van der Waals surface area contributed by atoms with E-state index in [9.17, 15) is 18.0 Å². The second-order valence-corrected chi connectivity index (χ2v) is 8.23. The van der Waals surface area contributed by atoms with Gasteiger partial charge >= 0.3 is 12.1 Å². The molecule has 1 aliphatic carbocycles. The molecule has 1 amide bonds. The standard InChI is InChI=1S/C25H26N2O2.C2HF3O2/c1-29-24-10-6-5-9-21(24)17-26-23-15-22(23)19-11-13-20(14-12-19)25(28)27-16-18-7-3-2-4-8-18;3-2(4,5)1(6)7/h2-14,22-23,26H,15-17H2,1H3,(H,27,28);(H,6,7). The molecule has 0 saturated heterocycles. The van der Waals surface area contributed by atoms with Crippen LogP contribution in [-0.4, -0.2) is 36.3 Å². The van der Waals surface area contributed by atoms with E-state index < -0.39 is 12.1 Å². The first-order valence-electron chi connectivity index (χ1n) is 11.3. The number of aliphatic carboxylic acids is 1. The largest absolute Gasteiger partial charge is 0.496 e. The molecule has 0 aliphatic heterocycles. The molecule has 190 valence electrons. The van der Waals surface area contributed by atoms with Crippen molar-refractivity contribution < 1.29 is 32.6 Å². The van der Waals surface area contributed by atoms with Crippen LogP contribution in [0.4, 0.5) is 13.2 Å². The summed E-state index contributed by atoms with van der Waals surface area (Å²) in [7, 11) is 1.70. The van der Waals surface area contributed by atoms with Gasteiger partial charge in [-0.25, -0.2) is 4.79 Å². The van der Waals surface area contributed by atoms with Crippen molar-refractivity contribution >= 4 is 11.9 Å². The highest BCUT2D eigenvalue weighted by Crippen LogP contribution is 2.41. The van der Waals surface area contributed by atoms with E-state index in [1.807, 2.05) is 60.7 Å². The zero-order valence-corrected chi connectivity index (χ0v) is 19.6. The molecule has 1 aliphatic rings. The number of methoxy groups -OCH3 is 1. The third kappa shape index (κ3) is 7.84. The van der Waals surface area contributed by atoms with Crippen molar-refractivity contribution in [3.05, 3.63) is 101 Å². The quantitative estimate of drug-likeness (QED) is 0.409. The number of ether oxygens (including phenoxy) is 1. The van der Waals surface area contributed by atoms with Crippen molar-refractivity contribution in [3.8, 4) is 5.75 Å². The van der Waals surface area contributed by atoms with E-state index in [4.69, 9.17) is 14.6 Å². The first-order valence-corrected chi connectivity index (χ1v) is 11.3. The molecule has 36 heavy (non-hydrogen) atoms. The molecule has 4 rings (SSSR count). The fourth-order valence-corrected chi connectivity index (χ4v) is 3.64. The predicted octanol–water partition coefficient (Wildman–Crippen LogP) is 4.90. The van der Waals surface area contributed by atoms with Crippen LogP contribution in [0.2, 0.25) is 0 Å². The van der Waals surface area contributed by atoms with Crippen LogP contribution >= 0.6 is 0 Å². The number of rotatable bonds is 8. The lowest BCUT2D eigenvalue weighted by atomic mass is 10.1. The zero-order chi connectivity index (χ0) is 26.1. The molecule has 0 spiro atoms. The van der Waals surface area contributed by atoms with E-state index in [0.29, 0.717) is 24.1 Å². The van der Waals surface area contributed by atoms with Crippen LogP contribution in [-0.2, 0) is 17.9 Å². The minimum atomic E-state index is -5.08. The highest BCUT2D eigenvalue weighted by molar-refractivity contribution is 5.94. The number of carbonyl (C=O) groups is 2. The van der Waals surface area contributed by atoms with Crippen LogP contribution in [0.3, 0.4) is 0 Å². The van der Waals surface area contributed by atoms with E-state index in [0.717, 1.165) is 24.3 Å². The van der Waals surface area contributed by atoms with Gasteiger partial charge in [-0.2, -0.15) is 13.2 Å². The minimum absolute atomic E-state index is 0.0398. The van der Waals surface area contributed by atoms with Crippen LogP contribution < -0.4 is 15.4 Å². The van der Waals surface area contributed by atoms with Gasteiger partial charge in [-0.3, -0.25) is 4.79 Å². The van der Waals surface area contributed by atoms with Crippen molar-refractivity contribution in [2.45, 2.75) is 37.6 Å². The van der Waals surface area contributed by atoms with E-state index in [1.165, 1.54) is 11.1 Å². The third-order valence-electron chi connectivity index (χ3n) is 5.68. The summed E-state index contributed by atoms with van der Waals surface area (Å²) in [6, 6.07) is 26.5. The van der Waals surface area contributed by atoms with Crippen LogP contribution in [0.15, 0.2) is 78.9 Å². The first-order chi connectivity index (χ1) is 17.2. The summed E-state index contributed by atoms with van der Waals surface area (Å²) >= 11 is 0. The van der Waals surface area contributed by atoms with Crippen molar-refractivity contribution in [1.29, 1.82) is 0 Å². The van der Waals surface area contributed by atoms with Gasteiger partial charge in [0.2, 0.25) is 0 Å². The third-order valence-corrected chi connectivity index (χ3v) is 5.68. The molecule has 0 radical (unpaired) electrons. The first kappa shape index (κ1) is 26.7. The Hall–Kier alpha value is -3.85. The lowest BCUT2D eigenvalue weighted by Gasteiger charge is -2.09. The number of halogens is 3. The summed E-state index contributed by atoms with van der Waals surface area (Å²) < 4.78 is 37.2. The van der Waals surface area contributed by atoms with E-state index in [1.54, 1.807) is 7.11 Å². The van der Waals surface area contributed by atoms with Gasteiger partial charge < -0.3 is 20.5 Å². The topological polar surface area (TPSA) is 87.7 Å². The fourth-order valence-electron chi connectivity index (χ4n) is 3.64. The van der Waals surface area contributed by atoms with Gasteiger partial charge in [-0.15, -0.1) is 0 Å². The lowest BCUT2D eigenvalue weighted by molar-refractivity contribution is -0.192. The van der Waals surface area contributed by atoms with Gasteiger partial charge in [0.1, 0.15) is 5.75 Å². The highest BCUT2D eigenvalue weighted by atomic mass is 19.4. The Kier molecular flexibility index (Phi) is 9.08. The Balaban J connectivity index is 0.000000454.